The van der Waals surface area contributed by atoms with Crippen molar-refractivity contribution in [3.05, 3.63) is 72.3 Å². The summed E-state index contributed by atoms with van der Waals surface area (Å²) in [5.74, 6) is 0.0377. The molecule has 1 amide bonds. The minimum absolute atomic E-state index is 0.0677. The van der Waals surface area contributed by atoms with Crippen molar-refractivity contribution in [3.63, 3.8) is 0 Å². The third-order valence-electron chi connectivity index (χ3n) is 4.93. The van der Waals surface area contributed by atoms with E-state index in [9.17, 15) is 13.2 Å². The zero-order valence-corrected chi connectivity index (χ0v) is 19.0. The lowest BCUT2D eigenvalue weighted by Crippen LogP contribution is -2.23. The average Bonchev–Trinajstić information content (AvgIpc) is 2.82. The Morgan fingerprint density at radius 2 is 1.56 bits per heavy atom. The first-order valence-electron chi connectivity index (χ1n) is 10.1. The van der Waals surface area contributed by atoms with Crippen LogP contribution in [0.4, 0.5) is 11.4 Å². The number of anilines is 2. The van der Waals surface area contributed by atoms with Gasteiger partial charge in [0, 0.05) is 5.69 Å². The second-order valence-corrected chi connectivity index (χ2v) is 8.79. The molecule has 168 valence electrons. The van der Waals surface area contributed by atoms with Crippen LogP contribution in [0, 0.1) is 0 Å². The number of amides is 1. The van der Waals surface area contributed by atoms with E-state index in [1.54, 1.807) is 30.3 Å². The number of nitrogens with one attached hydrogen (secondary N) is 2. The molecule has 0 heterocycles. The van der Waals surface area contributed by atoms with Crippen molar-refractivity contribution < 1.29 is 22.7 Å². The van der Waals surface area contributed by atoms with Crippen LogP contribution in [0.3, 0.4) is 0 Å². The fraction of sp³-hybridized carbons (Fsp3) is 0.208. The van der Waals surface area contributed by atoms with Gasteiger partial charge in [0.15, 0.2) is 11.5 Å². The van der Waals surface area contributed by atoms with Gasteiger partial charge in [0.05, 0.1) is 31.3 Å². The second kappa shape index (κ2) is 10.2. The van der Waals surface area contributed by atoms with E-state index in [-0.39, 0.29) is 39.4 Å². The smallest absolute Gasteiger partial charge is 0.243 e. The van der Waals surface area contributed by atoms with Crippen molar-refractivity contribution in [2.45, 2.75) is 23.1 Å². The van der Waals surface area contributed by atoms with Gasteiger partial charge in [0.25, 0.3) is 0 Å². The van der Waals surface area contributed by atoms with Crippen molar-refractivity contribution >= 4 is 27.1 Å². The summed E-state index contributed by atoms with van der Waals surface area (Å²) in [7, 11) is -1.15. The van der Waals surface area contributed by atoms with Crippen molar-refractivity contribution in [2.24, 2.45) is 0 Å². The van der Waals surface area contributed by atoms with E-state index in [1.165, 1.54) is 26.4 Å². The van der Waals surface area contributed by atoms with Crippen molar-refractivity contribution in [1.82, 2.24) is 0 Å². The van der Waals surface area contributed by atoms with E-state index in [2.05, 4.69) is 10.6 Å². The minimum Gasteiger partial charge on any atom is -0.493 e. The molecule has 3 rings (SSSR count). The predicted octanol–water partition coefficient (Wildman–Crippen LogP) is 4.15. The highest BCUT2D eigenvalue weighted by atomic mass is 32.2. The van der Waals surface area contributed by atoms with Gasteiger partial charge in [0.1, 0.15) is 4.90 Å². The maximum Gasteiger partial charge on any atom is 0.243 e. The summed E-state index contributed by atoms with van der Waals surface area (Å²) in [5.41, 5.74) is 1.98. The third-order valence-corrected chi connectivity index (χ3v) is 6.77. The first-order chi connectivity index (χ1) is 15.4. The number of ether oxygens (including phenoxy) is 2. The fourth-order valence-corrected chi connectivity index (χ4v) is 4.95. The Hall–Kier alpha value is -3.52. The van der Waals surface area contributed by atoms with Crippen molar-refractivity contribution in [3.8, 4) is 11.5 Å². The number of benzene rings is 3. The standard InChI is InChI=1S/C24H26N2O5S/c1-4-17-10-8-9-13-19(17)26-22(27)16-25-20-14-15-21(30-2)23(31-3)24(20)32(28,29)18-11-6-5-7-12-18/h5-15,25H,4,16H2,1-3H3,(H,26,27). The van der Waals surface area contributed by atoms with Gasteiger partial charge in [-0.2, -0.15) is 0 Å². The number of aryl methyl sites for hydroxylation is 1. The van der Waals surface area contributed by atoms with Crippen LogP contribution >= 0.6 is 0 Å². The Morgan fingerprint density at radius 3 is 2.22 bits per heavy atom. The van der Waals surface area contributed by atoms with Crippen LogP contribution in [-0.2, 0) is 21.1 Å². The molecule has 0 unspecified atom stereocenters. The normalized spacial score (nSPS) is 11.0. The summed E-state index contributed by atoms with van der Waals surface area (Å²) in [5, 5.41) is 5.81. The number of para-hydroxylation sites is 1. The number of hydrogen-bond donors (Lipinski definition) is 2. The number of methoxy groups -OCH3 is 2. The molecule has 0 fully saturated rings. The van der Waals surface area contributed by atoms with E-state index in [0.717, 1.165) is 17.7 Å². The molecule has 3 aromatic carbocycles. The molecule has 7 nitrogen and oxygen atoms in total. The average molecular weight is 455 g/mol. The van der Waals surface area contributed by atoms with Gasteiger partial charge in [0.2, 0.25) is 15.7 Å². The van der Waals surface area contributed by atoms with E-state index >= 15 is 0 Å². The highest BCUT2D eigenvalue weighted by Crippen LogP contribution is 2.42. The number of hydrogen-bond acceptors (Lipinski definition) is 6. The van der Waals surface area contributed by atoms with Gasteiger partial charge >= 0.3 is 0 Å². The first-order valence-corrected chi connectivity index (χ1v) is 11.6. The first kappa shape index (κ1) is 23.1. The molecule has 0 saturated heterocycles. The molecule has 0 bridgehead atoms. The lowest BCUT2D eigenvalue weighted by atomic mass is 10.1. The topological polar surface area (TPSA) is 93.7 Å². The van der Waals surface area contributed by atoms with Crippen molar-refractivity contribution in [2.75, 3.05) is 31.4 Å². The summed E-state index contributed by atoms with van der Waals surface area (Å²) in [6, 6.07) is 18.7. The zero-order valence-electron chi connectivity index (χ0n) is 18.2. The molecule has 2 N–H and O–H groups in total. The molecular formula is C24H26N2O5S. The van der Waals surface area contributed by atoms with Crippen LogP contribution in [0.1, 0.15) is 12.5 Å². The molecule has 0 aromatic heterocycles. The summed E-state index contributed by atoms with van der Waals surface area (Å²) < 4.78 is 37.6. The zero-order chi connectivity index (χ0) is 23.1. The predicted molar refractivity (Wildman–Crippen MR) is 124 cm³/mol. The Kier molecular flexibility index (Phi) is 7.37. The van der Waals surface area contributed by atoms with E-state index < -0.39 is 9.84 Å². The largest absolute Gasteiger partial charge is 0.493 e. The Bertz CT molecular complexity index is 1190. The monoisotopic (exact) mass is 454 g/mol. The van der Waals surface area contributed by atoms with Crippen LogP contribution in [-0.4, -0.2) is 35.1 Å². The van der Waals surface area contributed by atoms with Crippen LogP contribution < -0.4 is 20.1 Å². The van der Waals surface area contributed by atoms with Gasteiger partial charge < -0.3 is 20.1 Å². The van der Waals surface area contributed by atoms with Crippen LogP contribution in [0.15, 0.2) is 76.5 Å². The summed E-state index contributed by atoms with van der Waals surface area (Å²) in [6.07, 6.45) is 0.777. The fourth-order valence-electron chi connectivity index (χ4n) is 3.34. The van der Waals surface area contributed by atoms with Crippen LogP contribution in [0.2, 0.25) is 0 Å². The lowest BCUT2D eigenvalue weighted by Gasteiger charge is -2.18. The maximum atomic E-state index is 13.4. The molecule has 0 aliphatic heterocycles. The Morgan fingerprint density at radius 1 is 0.875 bits per heavy atom. The van der Waals surface area contributed by atoms with Gasteiger partial charge in [-0.05, 0) is 42.3 Å². The molecular weight excluding hydrogens is 428 g/mol. The number of carbonyl (C=O) groups excluding carboxylic acids is 1. The minimum atomic E-state index is -3.96. The Balaban J connectivity index is 1.94. The SMILES string of the molecule is CCc1ccccc1NC(=O)CNc1ccc(OC)c(OC)c1S(=O)(=O)c1ccccc1. The molecule has 0 saturated carbocycles. The molecule has 0 aliphatic carbocycles. The second-order valence-electron chi connectivity index (χ2n) is 6.91. The highest BCUT2D eigenvalue weighted by Gasteiger charge is 2.29. The Labute approximate surface area is 188 Å². The van der Waals surface area contributed by atoms with Gasteiger partial charge in [-0.15, -0.1) is 0 Å². The van der Waals surface area contributed by atoms with Gasteiger partial charge in [-0.25, -0.2) is 8.42 Å². The van der Waals surface area contributed by atoms with Gasteiger partial charge in [-0.3, -0.25) is 4.79 Å². The summed E-state index contributed by atoms with van der Waals surface area (Å²) in [6.45, 7) is 1.87. The summed E-state index contributed by atoms with van der Waals surface area (Å²) >= 11 is 0. The molecule has 0 spiro atoms. The quantitative estimate of drug-likeness (QED) is 0.505. The number of sulfone groups is 1. The van der Waals surface area contributed by atoms with E-state index in [4.69, 9.17) is 9.47 Å². The van der Waals surface area contributed by atoms with E-state index in [0.29, 0.717) is 0 Å². The molecule has 0 radical (unpaired) electrons. The van der Waals surface area contributed by atoms with Crippen LogP contribution in [0.25, 0.3) is 0 Å². The summed E-state index contributed by atoms with van der Waals surface area (Å²) in [4.78, 5) is 12.6. The lowest BCUT2D eigenvalue weighted by molar-refractivity contribution is -0.114. The molecule has 8 heteroatoms. The van der Waals surface area contributed by atoms with Gasteiger partial charge in [-0.1, -0.05) is 43.3 Å². The number of rotatable bonds is 9. The number of carbonyl (C=O) groups is 1. The highest BCUT2D eigenvalue weighted by molar-refractivity contribution is 7.91. The van der Waals surface area contributed by atoms with Crippen LogP contribution in [0.5, 0.6) is 11.5 Å². The molecule has 0 atom stereocenters. The van der Waals surface area contributed by atoms with Crippen molar-refractivity contribution in [1.29, 1.82) is 0 Å². The third kappa shape index (κ3) is 4.86. The molecule has 32 heavy (non-hydrogen) atoms. The molecule has 3 aromatic rings. The van der Waals surface area contributed by atoms with E-state index in [1.807, 2.05) is 31.2 Å². The molecule has 0 aliphatic rings. The maximum absolute atomic E-state index is 13.4.